The van der Waals surface area contributed by atoms with Crippen molar-refractivity contribution in [2.45, 2.75) is 38.5 Å². The minimum absolute atomic E-state index is 0.745. The van der Waals surface area contributed by atoms with Crippen LogP contribution in [0.3, 0.4) is 0 Å². The van der Waals surface area contributed by atoms with Gasteiger partial charge in [-0.1, -0.05) is 0 Å². The van der Waals surface area contributed by atoms with E-state index < -0.39 is 0 Å². The van der Waals surface area contributed by atoms with Gasteiger partial charge in [0.2, 0.25) is 0 Å². The number of hydrogen-bond donors (Lipinski definition) is 0. The number of halogens is 2. The van der Waals surface area contributed by atoms with Crippen LogP contribution in [0.4, 0.5) is 0 Å². The maximum Gasteiger partial charge on any atom is 0.0861 e. The first-order valence-corrected chi connectivity index (χ1v) is 6.56. The first-order chi connectivity index (χ1) is 7.41. The summed E-state index contributed by atoms with van der Waals surface area (Å²) in [6, 6.07) is 0. The fourth-order valence-corrected chi connectivity index (χ4v) is 1.38. The molecular formula is C12H20Cl2O. The molecular weight excluding hydrogens is 231 g/mol. The molecule has 3 heteroatoms. The summed E-state index contributed by atoms with van der Waals surface area (Å²) in [7, 11) is 0. The smallest absolute Gasteiger partial charge is 0.0861 e. The summed E-state index contributed by atoms with van der Waals surface area (Å²) in [6.07, 6.45) is 14.0. The lowest BCUT2D eigenvalue weighted by Crippen LogP contribution is -1.75. The lowest BCUT2D eigenvalue weighted by molar-refractivity contribution is 0.398. The third-order valence-corrected chi connectivity index (χ3v) is 2.39. The topological polar surface area (TPSA) is 9.23 Å². The normalized spacial score (nSPS) is 11.6. The van der Waals surface area contributed by atoms with E-state index in [4.69, 9.17) is 27.9 Å². The third kappa shape index (κ3) is 13.9. The van der Waals surface area contributed by atoms with E-state index >= 15 is 0 Å². The van der Waals surface area contributed by atoms with E-state index in [0.717, 1.165) is 50.3 Å². The van der Waals surface area contributed by atoms with Gasteiger partial charge in [0.25, 0.3) is 0 Å². The van der Waals surface area contributed by atoms with Crippen LogP contribution in [0.25, 0.3) is 0 Å². The lowest BCUT2D eigenvalue weighted by atomic mass is 10.2. The largest absolute Gasteiger partial charge is 0.473 e. The molecule has 0 spiro atoms. The third-order valence-electron chi connectivity index (χ3n) is 1.86. The second kappa shape index (κ2) is 13.9. The number of hydrogen-bond acceptors (Lipinski definition) is 1. The average molecular weight is 251 g/mol. The van der Waals surface area contributed by atoms with Gasteiger partial charge in [-0.25, -0.2) is 0 Å². The van der Waals surface area contributed by atoms with Crippen molar-refractivity contribution in [3.05, 3.63) is 24.7 Å². The van der Waals surface area contributed by atoms with E-state index in [1.54, 1.807) is 12.5 Å². The molecule has 0 radical (unpaired) electrons. The average Bonchev–Trinajstić information content (AvgIpc) is 2.26. The zero-order chi connectivity index (χ0) is 11.2. The van der Waals surface area contributed by atoms with Gasteiger partial charge in [0.05, 0.1) is 12.5 Å². The van der Waals surface area contributed by atoms with E-state index in [1.807, 2.05) is 12.2 Å². The predicted molar refractivity (Wildman–Crippen MR) is 68.5 cm³/mol. The van der Waals surface area contributed by atoms with E-state index in [-0.39, 0.29) is 0 Å². The predicted octanol–water partition coefficient (Wildman–Crippen LogP) is 4.85. The second-order valence-corrected chi connectivity index (χ2v) is 4.01. The van der Waals surface area contributed by atoms with Gasteiger partial charge in [0.15, 0.2) is 0 Å². The Morgan fingerprint density at radius 2 is 1.20 bits per heavy atom. The molecule has 0 aromatic carbocycles. The maximum absolute atomic E-state index is 5.55. The summed E-state index contributed by atoms with van der Waals surface area (Å²) in [5, 5.41) is 0. The molecule has 15 heavy (non-hydrogen) atoms. The van der Waals surface area contributed by atoms with Gasteiger partial charge in [-0.2, -0.15) is 0 Å². The van der Waals surface area contributed by atoms with Gasteiger partial charge in [-0.15, -0.1) is 23.2 Å². The van der Waals surface area contributed by atoms with Crippen LogP contribution < -0.4 is 0 Å². The number of rotatable bonds is 10. The van der Waals surface area contributed by atoms with Crippen LogP contribution in [-0.4, -0.2) is 11.8 Å². The fraction of sp³-hybridized carbons (Fsp3) is 0.667. The first kappa shape index (κ1) is 14.9. The molecule has 0 N–H and O–H groups in total. The Balaban J connectivity index is 3.14. The van der Waals surface area contributed by atoms with Gasteiger partial charge in [-0.3, -0.25) is 0 Å². The summed E-state index contributed by atoms with van der Waals surface area (Å²) in [5.74, 6) is 1.49. The van der Waals surface area contributed by atoms with Crippen molar-refractivity contribution in [1.29, 1.82) is 0 Å². The summed E-state index contributed by atoms with van der Waals surface area (Å²) in [4.78, 5) is 0. The molecule has 1 nitrogen and oxygen atoms in total. The second-order valence-electron chi connectivity index (χ2n) is 3.25. The van der Waals surface area contributed by atoms with Crippen molar-refractivity contribution < 1.29 is 4.74 Å². The number of alkyl halides is 2. The molecule has 88 valence electrons. The van der Waals surface area contributed by atoms with Gasteiger partial charge in [-0.05, 0) is 50.7 Å². The summed E-state index contributed by atoms with van der Waals surface area (Å²) >= 11 is 11.1. The monoisotopic (exact) mass is 250 g/mol. The van der Waals surface area contributed by atoms with Crippen molar-refractivity contribution in [1.82, 2.24) is 0 Å². The molecule has 0 aliphatic heterocycles. The van der Waals surface area contributed by atoms with Crippen molar-refractivity contribution in [2.24, 2.45) is 0 Å². The standard InChI is InChI=1S/C12H20Cl2O/c13-9-5-1-3-7-11-15-12-8-4-2-6-10-14/h7-8,11-12H,1-6,9-10H2. The Morgan fingerprint density at radius 3 is 1.60 bits per heavy atom. The van der Waals surface area contributed by atoms with Gasteiger partial charge >= 0.3 is 0 Å². The molecule has 0 heterocycles. The molecule has 0 rings (SSSR count). The fourth-order valence-electron chi connectivity index (χ4n) is 1.01. The maximum atomic E-state index is 5.55. The minimum atomic E-state index is 0.745. The van der Waals surface area contributed by atoms with Crippen LogP contribution in [0, 0.1) is 0 Å². The summed E-state index contributed by atoms with van der Waals surface area (Å²) in [6.45, 7) is 0. The molecule has 0 aromatic heterocycles. The highest BCUT2D eigenvalue weighted by Gasteiger charge is 1.83. The zero-order valence-corrected chi connectivity index (χ0v) is 10.6. The summed E-state index contributed by atoms with van der Waals surface area (Å²) in [5.41, 5.74) is 0. The van der Waals surface area contributed by atoms with Gasteiger partial charge in [0.1, 0.15) is 0 Å². The van der Waals surface area contributed by atoms with Gasteiger partial charge < -0.3 is 4.74 Å². The molecule has 0 fully saturated rings. The molecule has 0 aliphatic rings. The Bertz CT molecular complexity index is 149. The Labute approximate surface area is 103 Å². The van der Waals surface area contributed by atoms with Crippen LogP contribution in [0.5, 0.6) is 0 Å². The van der Waals surface area contributed by atoms with Crippen LogP contribution in [0.1, 0.15) is 38.5 Å². The van der Waals surface area contributed by atoms with E-state index in [9.17, 15) is 0 Å². The lowest BCUT2D eigenvalue weighted by Gasteiger charge is -1.93. The Kier molecular flexibility index (Phi) is 13.7. The summed E-state index contributed by atoms with van der Waals surface area (Å²) < 4.78 is 5.17. The van der Waals surface area contributed by atoms with Crippen LogP contribution >= 0.6 is 23.2 Å². The number of unbranched alkanes of at least 4 members (excludes halogenated alkanes) is 4. The SMILES string of the molecule is ClCCCCC=COC=CCCCCCl. The molecule has 0 bridgehead atoms. The highest BCUT2D eigenvalue weighted by Crippen LogP contribution is 2.00. The van der Waals surface area contributed by atoms with Gasteiger partial charge in [0, 0.05) is 11.8 Å². The zero-order valence-electron chi connectivity index (χ0n) is 9.13. The van der Waals surface area contributed by atoms with Crippen molar-refractivity contribution in [2.75, 3.05) is 11.8 Å². The highest BCUT2D eigenvalue weighted by molar-refractivity contribution is 6.18. The van der Waals surface area contributed by atoms with Crippen LogP contribution in [0.2, 0.25) is 0 Å². The van der Waals surface area contributed by atoms with Crippen molar-refractivity contribution in [3.8, 4) is 0 Å². The minimum Gasteiger partial charge on any atom is -0.473 e. The van der Waals surface area contributed by atoms with E-state index in [1.165, 1.54) is 0 Å². The molecule has 0 aromatic rings. The Hall–Kier alpha value is -0.140. The van der Waals surface area contributed by atoms with Crippen LogP contribution in [0.15, 0.2) is 24.7 Å². The van der Waals surface area contributed by atoms with E-state index in [2.05, 4.69) is 0 Å². The van der Waals surface area contributed by atoms with E-state index in [0.29, 0.717) is 0 Å². The Morgan fingerprint density at radius 1 is 0.733 bits per heavy atom. The van der Waals surface area contributed by atoms with Crippen molar-refractivity contribution >= 4 is 23.2 Å². The quantitative estimate of drug-likeness (QED) is 0.306. The number of ether oxygens (including phenoxy) is 1. The first-order valence-electron chi connectivity index (χ1n) is 5.49. The molecule has 0 saturated carbocycles. The molecule has 0 unspecified atom stereocenters. The number of allylic oxidation sites excluding steroid dienone is 2. The highest BCUT2D eigenvalue weighted by atomic mass is 35.5. The van der Waals surface area contributed by atoms with Crippen molar-refractivity contribution in [3.63, 3.8) is 0 Å². The molecule has 0 atom stereocenters. The van der Waals surface area contributed by atoms with Crippen LogP contribution in [-0.2, 0) is 4.74 Å². The molecule has 0 amide bonds. The molecule has 0 aliphatic carbocycles. The molecule has 0 saturated heterocycles.